The standard InChI is InChI=1S/C15H16BrFN2O2/c1-8-6-11(17)10(16)7-13(8)19-9(2)14(20)18-5-3-4-12(18)15(19)21/h6-7,9,12H,3-5H2,1-2H3. The highest BCUT2D eigenvalue weighted by atomic mass is 79.9. The number of carbonyl (C=O) groups is 2. The summed E-state index contributed by atoms with van der Waals surface area (Å²) < 4.78 is 13.9. The fraction of sp³-hybridized carbons (Fsp3) is 0.467. The van der Waals surface area contributed by atoms with Gasteiger partial charge in [-0.1, -0.05) is 0 Å². The third kappa shape index (κ3) is 2.16. The quantitative estimate of drug-likeness (QED) is 0.777. The Kier molecular flexibility index (Phi) is 3.51. The van der Waals surface area contributed by atoms with E-state index in [1.807, 2.05) is 0 Å². The monoisotopic (exact) mass is 354 g/mol. The van der Waals surface area contributed by atoms with Crippen molar-refractivity contribution < 1.29 is 14.0 Å². The molecule has 2 unspecified atom stereocenters. The molecule has 3 rings (SSSR count). The van der Waals surface area contributed by atoms with Gasteiger partial charge in [-0.25, -0.2) is 4.39 Å². The summed E-state index contributed by atoms with van der Waals surface area (Å²) in [6.45, 7) is 4.13. The molecule has 2 fully saturated rings. The first-order chi connectivity index (χ1) is 9.91. The molecule has 112 valence electrons. The molecular formula is C15H16BrFN2O2. The number of carbonyl (C=O) groups excluding carboxylic acids is 2. The molecule has 2 saturated heterocycles. The highest BCUT2D eigenvalue weighted by molar-refractivity contribution is 9.10. The highest BCUT2D eigenvalue weighted by Gasteiger charge is 2.46. The molecule has 0 spiro atoms. The molecule has 2 heterocycles. The van der Waals surface area contributed by atoms with Crippen molar-refractivity contribution in [3.05, 3.63) is 28.0 Å². The first kappa shape index (κ1) is 14.5. The molecule has 1 aromatic rings. The van der Waals surface area contributed by atoms with Gasteiger partial charge < -0.3 is 4.90 Å². The van der Waals surface area contributed by atoms with Crippen LogP contribution < -0.4 is 4.90 Å². The molecule has 0 aliphatic carbocycles. The molecule has 1 aromatic carbocycles. The van der Waals surface area contributed by atoms with Crippen molar-refractivity contribution in [2.45, 2.75) is 38.8 Å². The lowest BCUT2D eigenvalue weighted by Gasteiger charge is -2.41. The maximum atomic E-state index is 13.6. The van der Waals surface area contributed by atoms with Gasteiger partial charge in [-0.15, -0.1) is 0 Å². The number of aryl methyl sites for hydroxylation is 1. The summed E-state index contributed by atoms with van der Waals surface area (Å²) in [4.78, 5) is 28.4. The van der Waals surface area contributed by atoms with Gasteiger partial charge in [0.2, 0.25) is 5.91 Å². The molecule has 2 aliphatic heterocycles. The molecule has 0 saturated carbocycles. The second-order valence-corrected chi connectivity index (χ2v) is 6.48. The van der Waals surface area contributed by atoms with Crippen LogP contribution in [0, 0.1) is 12.7 Å². The zero-order chi connectivity index (χ0) is 15.3. The number of benzene rings is 1. The highest BCUT2D eigenvalue weighted by Crippen LogP contribution is 2.34. The van der Waals surface area contributed by atoms with Crippen LogP contribution in [0.15, 0.2) is 16.6 Å². The van der Waals surface area contributed by atoms with Crippen molar-refractivity contribution in [2.24, 2.45) is 0 Å². The molecule has 0 N–H and O–H groups in total. The van der Waals surface area contributed by atoms with Crippen LogP contribution in [0.2, 0.25) is 0 Å². The van der Waals surface area contributed by atoms with Crippen LogP contribution in [0.1, 0.15) is 25.3 Å². The summed E-state index contributed by atoms with van der Waals surface area (Å²) in [6.07, 6.45) is 1.56. The summed E-state index contributed by atoms with van der Waals surface area (Å²) in [5, 5.41) is 0. The molecule has 2 amide bonds. The number of amides is 2. The van der Waals surface area contributed by atoms with Crippen LogP contribution >= 0.6 is 15.9 Å². The minimum absolute atomic E-state index is 0.0306. The molecular weight excluding hydrogens is 339 g/mol. The smallest absolute Gasteiger partial charge is 0.250 e. The van der Waals surface area contributed by atoms with Crippen LogP contribution in [0.25, 0.3) is 0 Å². The third-order valence-electron chi connectivity index (χ3n) is 4.30. The van der Waals surface area contributed by atoms with E-state index in [1.54, 1.807) is 24.8 Å². The average Bonchev–Trinajstić information content (AvgIpc) is 2.92. The first-order valence-corrected chi connectivity index (χ1v) is 7.80. The Balaban J connectivity index is 2.06. The number of fused-ring (bicyclic) bond motifs is 1. The lowest BCUT2D eigenvalue weighted by Crippen LogP contribution is -2.62. The van der Waals surface area contributed by atoms with Crippen molar-refractivity contribution >= 4 is 33.4 Å². The number of piperazine rings is 1. The van der Waals surface area contributed by atoms with Gasteiger partial charge in [0.15, 0.2) is 0 Å². The number of anilines is 1. The number of halogens is 2. The van der Waals surface area contributed by atoms with E-state index in [1.165, 1.54) is 11.0 Å². The van der Waals surface area contributed by atoms with Gasteiger partial charge in [-0.3, -0.25) is 14.5 Å². The molecule has 2 atom stereocenters. The summed E-state index contributed by atoms with van der Waals surface area (Å²) in [6, 6.07) is 2.04. The van der Waals surface area contributed by atoms with E-state index in [0.717, 1.165) is 6.42 Å². The van der Waals surface area contributed by atoms with Crippen LogP contribution in [0.3, 0.4) is 0 Å². The predicted octanol–water partition coefficient (Wildman–Crippen LogP) is 2.62. The topological polar surface area (TPSA) is 40.6 Å². The number of hydrogen-bond donors (Lipinski definition) is 0. The number of nitrogens with zero attached hydrogens (tertiary/aromatic N) is 2. The lowest BCUT2D eigenvalue weighted by molar-refractivity contribution is -0.143. The summed E-state index contributed by atoms with van der Waals surface area (Å²) >= 11 is 3.15. The van der Waals surface area contributed by atoms with Crippen molar-refractivity contribution in [3.63, 3.8) is 0 Å². The normalized spacial score (nSPS) is 25.5. The first-order valence-electron chi connectivity index (χ1n) is 7.01. The van der Waals surface area contributed by atoms with E-state index < -0.39 is 6.04 Å². The van der Waals surface area contributed by atoms with Gasteiger partial charge >= 0.3 is 0 Å². The van der Waals surface area contributed by atoms with Crippen LogP contribution in [0.5, 0.6) is 0 Å². The molecule has 4 nitrogen and oxygen atoms in total. The number of hydrogen-bond acceptors (Lipinski definition) is 2. The second kappa shape index (κ2) is 5.09. The molecule has 0 aromatic heterocycles. The summed E-state index contributed by atoms with van der Waals surface area (Å²) in [7, 11) is 0. The summed E-state index contributed by atoms with van der Waals surface area (Å²) in [5.74, 6) is -0.472. The second-order valence-electron chi connectivity index (χ2n) is 5.63. The van der Waals surface area contributed by atoms with Crippen molar-refractivity contribution in [1.82, 2.24) is 4.90 Å². The van der Waals surface area contributed by atoms with Crippen molar-refractivity contribution in [2.75, 3.05) is 11.4 Å². The summed E-state index contributed by atoms with van der Waals surface area (Å²) in [5.41, 5.74) is 1.25. The Bertz CT molecular complexity index is 634. The van der Waals surface area contributed by atoms with E-state index in [-0.39, 0.29) is 23.7 Å². The van der Waals surface area contributed by atoms with Crippen molar-refractivity contribution in [1.29, 1.82) is 0 Å². The van der Waals surface area contributed by atoms with Gasteiger partial charge in [0.1, 0.15) is 17.9 Å². The fourth-order valence-corrected chi connectivity index (χ4v) is 3.54. The third-order valence-corrected chi connectivity index (χ3v) is 4.91. The molecule has 6 heteroatoms. The van der Waals surface area contributed by atoms with E-state index in [0.29, 0.717) is 28.7 Å². The minimum Gasteiger partial charge on any atom is -0.329 e. The van der Waals surface area contributed by atoms with E-state index >= 15 is 0 Å². The Morgan fingerprint density at radius 1 is 1.29 bits per heavy atom. The minimum atomic E-state index is -0.553. The largest absolute Gasteiger partial charge is 0.329 e. The average molecular weight is 355 g/mol. The molecule has 2 aliphatic rings. The van der Waals surface area contributed by atoms with Crippen LogP contribution in [-0.4, -0.2) is 35.3 Å². The lowest BCUT2D eigenvalue weighted by atomic mass is 10.0. The number of rotatable bonds is 1. The van der Waals surface area contributed by atoms with Crippen molar-refractivity contribution in [3.8, 4) is 0 Å². The zero-order valence-corrected chi connectivity index (χ0v) is 13.5. The Morgan fingerprint density at radius 2 is 2.00 bits per heavy atom. The Hall–Kier alpha value is -1.43. The predicted molar refractivity (Wildman–Crippen MR) is 80.5 cm³/mol. The van der Waals surface area contributed by atoms with Gasteiger partial charge in [-0.2, -0.15) is 0 Å². The zero-order valence-electron chi connectivity index (χ0n) is 11.9. The Morgan fingerprint density at radius 3 is 2.71 bits per heavy atom. The molecule has 21 heavy (non-hydrogen) atoms. The van der Waals surface area contributed by atoms with Gasteiger partial charge in [-0.05, 0) is 60.3 Å². The SMILES string of the molecule is Cc1cc(F)c(Br)cc1N1C(=O)C2CCCN2C(=O)C1C. The van der Waals surface area contributed by atoms with E-state index in [9.17, 15) is 14.0 Å². The van der Waals surface area contributed by atoms with Crippen LogP contribution in [-0.2, 0) is 9.59 Å². The fourth-order valence-electron chi connectivity index (χ4n) is 3.21. The van der Waals surface area contributed by atoms with Gasteiger partial charge in [0.25, 0.3) is 5.91 Å². The van der Waals surface area contributed by atoms with E-state index in [4.69, 9.17) is 0 Å². The Labute approximate surface area is 131 Å². The van der Waals surface area contributed by atoms with E-state index in [2.05, 4.69) is 15.9 Å². The van der Waals surface area contributed by atoms with Gasteiger partial charge in [0, 0.05) is 12.2 Å². The maximum absolute atomic E-state index is 13.6. The molecule has 0 bridgehead atoms. The van der Waals surface area contributed by atoms with Gasteiger partial charge in [0.05, 0.1) is 4.47 Å². The maximum Gasteiger partial charge on any atom is 0.250 e. The molecule has 0 radical (unpaired) electrons. The van der Waals surface area contributed by atoms with Crippen LogP contribution in [0.4, 0.5) is 10.1 Å².